The normalized spacial score (nSPS) is 10.2. The van der Waals surface area contributed by atoms with E-state index < -0.39 is 0 Å². The molecule has 1 rings (SSSR count). The lowest BCUT2D eigenvalue weighted by Crippen LogP contribution is -2.27. The molecule has 0 aliphatic carbocycles. The van der Waals surface area contributed by atoms with Crippen LogP contribution in [0.25, 0.3) is 0 Å². The molecule has 4 heteroatoms. The van der Waals surface area contributed by atoms with Crippen LogP contribution in [0.1, 0.15) is 19.4 Å². The van der Waals surface area contributed by atoms with E-state index in [0.717, 1.165) is 12.1 Å². The third-order valence-corrected chi connectivity index (χ3v) is 2.17. The van der Waals surface area contributed by atoms with Crippen LogP contribution in [-0.2, 0) is 16.0 Å². The fourth-order valence-corrected chi connectivity index (χ4v) is 1.21. The molecule has 0 aromatic heterocycles. The molecule has 0 fully saturated rings. The Morgan fingerprint density at radius 3 is 2.59 bits per heavy atom. The van der Waals surface area contributed by atoms with Crippen LogP contribution in [-0.4, -0.2) is 12.5 Å². The molecule has 17 heavy (non-hydrogen) atoms. The van der Waals surface area contributed by atoms with Crippen molar-refractivity contribution in [3.8, 4) is 0 Å². The smallest absolute Gasteiger partial charge is 0.265 e. The maximum atomic E-state index is 11.3. The van der Waals surface area contributed by atoms with E-state index in [0.29, 0.717) is 6.61 Å². The second-order valence-corrected chi connectivity index (χ2v) is 3.42. The number of hydrazine groups is 1. The highest BCUT2D eigenvalue weighted by atomic mass is 16.5. The number of hydrogen-bond acceptors (Lipinski definition) is 3. The topological polar surface area (TPSA) is 50.4 Å². The predicted molar refractivity (Wildman–Crippen MR) is 68.4 cm³/mol. The van der Waals surface area contributed by atoms with Crippen LogP contribution < -0.4 is 10.9 Å². The summed E-state index contributed by atoms with van der Waals surface area (Å²) >= 11 is 0. The SMILES string of the molecule is CCOC=CC(=O)NNc1ccc(CC)cc1. The van der Waals surface area contributed by atoms with Crippen molar-refractivity contribution in [1.82, 2.24) is 5.43 Å². The minimum absolute atomic E-state index is 0.252. The average molecular weight is 234 g/mol. The number of carbonyl (C=O) groups excluding carboxylic acids is 1. The third kappa shape index (κ3) is 5.06. The molecule has 0 saturated heterocycles. The maximum absolute atomic E-state index is 11.3. The minimum Gasteiger partial charge on any atom is -0.501 e. The fourth-order valence-electron chi connectivity index (χ4n) is 1.21. The summed E-state index contributed by atoms with van der Waals surface area (Å²) in [6.45, 7) is 4.51. The number of hydrogen-bond donors (Lipinski definition) is 2. The lowest BCUT2D eigenvalue weighted by Gasteiger charge is -2.06. The van der Waals surface area contributed by atoms with Gasteiger partial charge in [-0.3, -0.25) is 15.6 Å². The first-order chi connectivity index (χ1) is 8.26. The van der Waals surface area contributed by atoms with Crippen molar-refractivity contribution in [2.75, 3.05) is 12.0 Å². The molecule has 1 aromatic carbocycles. The van der Waals surface area contributed by atoms with Crippen molar-refractivity contribution < 1.29 is 9.53 Å². The van der Waals surface area contributed by atoms with Gasteiger partial charge >= 0.3 is 0 Å². The van der Waals surface area contributed by atoms with Gasteiger partial charge in [0.15, 0.2) is 0 Å². The average Bonchev–Trinajstić information content (AvgIpc) is 2.37. The molecule has 0 saturated carbocycles. The molecule has 1 amide bonds. The van der Waals surface area contributed by atoms with Gasteiger partial charge in [-0.15, -0.1) is 0 Å². The lowest BCUT2D eigenvalue weighted by molar-refractivity contribution is -0.116. The van der Waals surface area contributed by atoms with Gasteiger partial charge in [0.05, 0.1) is 18.6 Å². The van der Waals surface area contributed by atoms with Crippen LogP contribution in [0.2, 0.25) is 0 Å². The van der Waals surface area contributed by atoms with Gasteiger partial charge in [-0.1, -0.05) is 19.1 Å². The van der Waals surface area contributed by atoms with Crippen LogP contribution in [0.5, 0.6) is 0 Å². The number of ether oxygens (including phenoxy) is 1. The Kier molecular flexibility index (Phi) is 5.64. The van der Waals surface area contributed by atoms with Crippen LogP contribution in [0.4, 0.5) is 5.69 Å². The zero-order valence-electron chi connectivity index (χ0n) is 10.2. The maximum Gasteiger partial charge on any atom is 0.265 e. The first-order valence-corrected chi connectivity index (χ1v) is 5.69. The van der Waals surface area contributed by atoms with Gasteiger partial charge in [0.2, 0.25) is 0 Å². The highest BCUT2D eigenvalue weighted by Gasteiger charge is 1.95. The summed E-state index contributed by atoms with van der Waals surface area (Å²) in [6.07, 6.45) is 3.71. The van der Waals surface area contributed by atoms with Crippen LogP contribution >= 0.6 is 0 Å². The highest BCUT2D eigenvalue weighted by molar-refractivity contribution is 5.88. The second-order valence-electron chi connectivity index (χ2n) is 3.42. The Morgan fingerprint density at radius 1 is 1.29 bits per heavy atom. The second kappa shape index (κ2) is 7.33. The first-order valence-electron chi connectivity index (χ1n) is 5.69. The van der Waals surface area contributed by atoms with Gasteiger partial charge in [0.1, 0.15) is 0 Å². The largest absolute Gasteiger partial charge is 0.501 e. The molecule has 92 valence electrons. The first kappa shape index (κ1) is 13.1. The van der Waals surface area contributed by atoms with E-state index in [4.69, 9.17) is 4.74 Å². The number of carbonyl (C=O) groups is 1. The molecular formula is C13H18N2O2. The monoisotopic (exact) mass is 234 g/mol. The van der Waals surface area contributed by atoms with Crippen molar-refractivity contribution in [2.24, 2.45) is 0 Å². The van der Waals surface area contributed by atoms with Gasteiger partial charge in [0, 0.05) is 6.08 Å². The lowest BCUT2D eigenvalue weighted by atomic mass is 10.2. The standard InChI is InChI=1S/C13H18N2O2/c1-3-11-5-7-12(8-6-11)14-15-13(16)9-10-17-4-2/h5-10,14H,3-4H2,1-2H3,(H,15,16). The molecular weight excluding hydrogens is 216 g/mol. The summed E-state index contributed by atoms with van der Waals surface area (Å²) in [6, 6.07) is 7.88. The Hall–Kier alpha value is -1.97. The van der Waals surface area contributed by atoms with Crippen molar-refractivity contribution in [2.45, 2.75) is 20.3 Å². The summed E-state index contributed by atoms with van der Waals surface area (Å²) in [5, 5.41) is 0. The van der Waals surface area contributed by atoms with Crippen LogP contribution in [0, 0.1) is 0 Å². The van der Waals surface area contributed by atoms with Crippen molar-refractivity contribution >= 4 is 11.6 Å². The molecule has 0 spiro atoms. The summed E-state index contributed by atoms with van der Waals surface area (Å²) in [4.78, 5) is 11.3. The van der Waals surface area contributed by atoms with E-state index in [2.05, 4.69) is 17.8 Å². The van der Waals surface area contributed by atoms with Crippen molar-refractivity contribution in [3.05, 3.63) is 42.2 Å². The quantitative estimate of drug-likeness (QED) is 0.451. The van der Waals surface area contributed by atoms with E-state index in [9.17, 15) is 4.79 Å². The summed E-state index contributed by atoms with van der Waals surface area (Å²) in [7, 11) is 0. The highest BCUT2D eigenvalue weighted by Crippen LogP contribution is 2.08. The molecule has 0 aliphatic rings. The van der Waals surface area contributed by atoms with Gasteiger partial charge in [-0.2, -0.15) is 0 Å². The van der Waals surface area contributed by atoms with Crippen LogP contribution in [0.3, 0.4) is 0 Å². The molecule has 4 nitrogen and oxygen atoms in total. The van der Waals surface area contributed by atoms with E-state index >= 15 is 0 Å². The van der Waals surface area contributed by atoms with Gasteiger partial charge in [-0.25, -0.2) is 0 Å². The molecule has 0 atom stereocenters. The molecule has 2 N–H and O–H groups in total. The van der Waals surface area contributed by atoms with Crippen molar-refractivity contribution in [3.63, 3.8) is 0 Å². The molecule has 0 bridgehead atoms. The van der Waals surface area contributed by atoms with E-state index in [1.807, 2.05) is 31.2 Å². The minimum atomic E-state index is -0.252. The molecule has 0 unspecified atom stereocenters. The zero-order valence-corrected chi connectivity index (χ0v) is 10.2. The molecule has 0 radical (unpaired) electrons. The van der Waals surface area contributed by atoms with Crippen LogP contribution in [0.15, 0.2) is 36.6 Å². The van der Waals surface area contributed by atoms with Crippen molar-refractivity contribution in [1.29, 1.82) is 0 Å². The summed E-state index contributed by atoms with van der Waals surface area (Å²) in [5.41, 5.74) is 7.47. The Labute approximate surface area is 102 Å². The number of amides is 1. The molecule has 0 aliphatic heterocycles. The Morgan fingerprint density at radius 2 is 2.00 bits per heavy atom. The number of aryl methyl sites for hydroxylation is 1. The van der Waals surface area contributed by atoms with Gasteiger partial charge < -0.3 is 4.74 Å². The number of anilines is 1. The predicted octanol–water partition coefficient (Wildman–Crippen LogP) is 2.24. The molecule has 1 aromatic rings. The summed E-state index contributed by atoms with van der Waals surface area (Å²) < 4.78 is 4.92. The third-order valence-electron chi connectivity index (χ3n) is 2.17. The number of nitrogens with one attached hydrogen (secondary N) is 2. The summed E-state index contributed by atoms with van der Waals surface area (Å²) in [5.74, 6) is -0.252. The Bertz CT molecular complexity index is 372. The number of benzene rings is 1. The van der Waals surface area contributed by atoms with Gasteiger partial charge in [-0.05, 0) is 31.0 Å². The van der Waals surface area contributed by atoms with E-state index in [-0.39, 0.29) is 5.91 Å². The number of rotatable bonds is 6. The van der Waals surface area contributed by atoms with E-state index in [1.54, 1.807) is 0 Å². The molecule has 0 heterocycles. The fraction of sp³-hybridized carbons (Fsp3) is 0.308. The van der Waals surface area contributed by atoms with E-state index in [1.165, 1.54) is 17.9 Å². The zero-order chi connectivity index (χ0) is 12.5. The van der Waals surface area contributed by atoms with Gasteiger partial charge in [0.25, 0.3) is 5.91 Å². The Balaban J connectivity index is 2.36.